The van der Waals surface area contributed by atoms with Gasteiger partial charge in [-0.3, -0.25) is 0 Å². The number of hydrogen-bond acceptors (Lipinski definition) is 6. The van der Waals surface area contributed by atoms with E-state index in [9.17, 15) is 8.42 Å². The van der Waals surface area contributed by atoms with Gasteiger partial charge in [0, 0.05) is 4.47 Å². The first-order valence-corrected chi connectivity index (χ1v) is 8.90. The summed E-state index contributed by atoms with van der Waals surface area (Å²) < 4.78 is 29.1. The van der Waals surface area contributed by atoms with Crippen LogP contribution < -0.4 is 10.6 Å². The van der Waals surface area contributed by atoms with Gasteiger partial charge in [0.05, 0.1) is 21.9 Å². The predicted molar refractivity (Wildman–Crippen MR) is 87.9 cm³/mol. The van der Waals surface area contributed by atoms with E-state index >= 15 is 0 Å². The van der Waals surface area contributed by atoms with Crippen molar-refractivity contribution in [3.05, 3.63) is 40.0 Å². The largest absolute Gasteiger partial charge is 0.389 e. The number of benzene rings is 1. The summed E-state index contributed by atoms with van der Waals surface area (Å²) in [6.45, 7) is 3.47. The summed E-state index contributed by atoms with van der Waals surface area (Å²) in [5, 5.41) is 4.42. The number of sulfonamides is 1. The van der Waals surface area contributed by atoms with Crippen molar-refractivity contribution in [3.63, 3.8) is 0 Å². The number of nitrogens with two attached hydrogens (primary N) is 1. The van der Waals surface area contributed by atoms with Gasteiger partial charge in [0.1, 0.15) is 5.00 Å². The van der Waals surface area contributed by atoms with Crippen molar-refractivity contribution >= 4 is 48.2 Å². The first-order chi connectivity index (χ1) is 9.81. The minimum atomic E-state index is -3.71. The third-order valence-corrected chi connectivity index (χ3v) is 5.23. The van der Waals surface area contributed by atoms with Crippen molar-refractivity contribution in [2.75, 3.05) is 5.73 Å². The molecule has 0 aliphatic rings. The number of hydrazone groups is 1. The van der Waals surface area contributed by atoms with Gasteiger partial charge in [-0.15, -0.1) is 0 Å². The van der Waals surface area contributed by atoms with Crippen LogP contribution >= 0.6 is 27.5 Å². The molecule has 2 rings (SSSR count). The Bertz CT molecular complexity index is 763. The lowest BCUT2D eigenvalue weighted by molar-refractivity contribution is 0.584. The van der Waals surface area contributed by atoms with Crippen LogP contribution in [-0.4, -0.2) is 18.5 Å². The van der Waals surface area contributed by atoms with Crippen molar-refractivity contribution in [2.45, 2.75) is 18.7 Å². The van der Waals surface area contributed by atoms with Gasteiger partial charge in [0.15, 0.2) is 0 Å². The zero-order valence-electron chi connectivity index (χ0n) is 11.3. The maximum absolute atomic E-state index is 12.1. The molecule has 0 saturated carbocycles. The molecular formula is C12H13BrN4O2S2. The van der Waals surface area contributed by atoms with E-state index in [1.165, 1.54) is 12.1 Å². The van der Waals surface area contributed by atoms with Crippen molar-refractivity contribution in [3.8, 4) is 0 Å². The Morgan fingerprint density at radius 3 is 2.52 bits per heavy atom. The molecule has 1 heterocycles. The summed E-state index contributed by atoms with van der Waals surface area (Å²) in [7, 11) is -3.71. The molecule has 0 spiro atoms. The molecule has 0 unspecified atom stereocenters. The molecule has 0 radical (unpaired) electrons. The normalized spacial score (nSPS) is 12.4. The van der Waals surface area contributed by atoms with Crippen LogP contribution in [0, 0.1) is 6.92 Å². The highest BCUT2D eigenvalue weighted by Gasteiger charge is 2.15. The molecule has 0 fully saturated rings. The van der Waals surface area contributed by atoms with Gasteiger partial charge in [0.25, 0.3) is 10.0 Å². The Balaban J connectivity index is 2.25. The molecular weight excluding hydrogens is 376 g/mol. The van der Waals surface area contributed by atoms with Crippen LogP contribution in [0.4, 0.5) is 5.00 Å². The predicted octanol–water partition coefficient (Wildman–Crippen LogP) is 2.50. The molecule has 1 aromatic heterocycles. The second kappa shape index (κ2) is 6.12. The zero-order chi connectivity index (χ0) is 15.6. The average Bonchev–Trinajstić information content (AvgIpc) is 2.76. The molecule has 0 atom stereocenters. The van der Waals surface area contributed by atoms with Gasteiger partial charge in [0.2, 0.25) is 0 Å². The number of halogens is 1. The molecule has 0 bridgehead atoms. The lowest BCUT2D eigenvalue weighted by Crippen LogP contribution is -2.20. The minimum Gasteiger partial charge on any atom is -0.389 e. The Morgan fingerprint density at radius 2 is 2.00 bits per heavy atom. The van der Waals surface area contributed by atoms with Crippen LogP contribution in [0.1, 0.15) is 18.2 Å². The second-order valence-electron chi connectivity index (χ2n) is 4.25. The van der Waals surface area contributed by atoms with Crippen LogP contribution in [-0.2, 0) is 10.0 Å². The zero-order valence-corrected chi connectivity index (χ0v) is 14.5. The van der Waals surface area contributed by atoms with Crippen LogP contribution in [0.15, 0.2) is 38.7 Å². The van der Waals surface area contributed by atoms with Crippen LogP contribution in [0.5, 0.6) is 0 Å². The average molecular weight is 389 g/mol. The molecule has 21 heavy (non-hydrogen) atoms. The number of nitrogen functional groups attached to an aromatic ring is 1. The van der Waals surface area contributed by atoms with E-state index < -0.39 is 10.0 Å². The van der Waals surface area contributed by atoms with Crippen LogP contribution in [0.25, 0.3) is 0 Å². The number of aryl methyl sites for hydroxylation is 1. The molecule has 1 aromatic carbocycles. The molecule has 0 aliphatic carbocycles. The standard InChI is InChI=1S/C12H13BrN4O2S2/c1-7(11-8(2)16-20-12(11)14)15-17-21(18,19)10-5-3-9(13)4-6-10/h3-6,17H,14H2,1-2H3/b15-7-. The summed E-state index contributed by atoms with van der Waals surface area (Å²) in [5.41, 5.74) is 7.66. The van der Waals surface area contributed by atoms with E-state index in [1.807, 2.05) is 0 Å². The van der Waals surface area contributed by atoms with E-state index in [-0.39, 0.29) is 4.90 Å². The van der Waals surface area contributed by atoms with Gasteiger partial charge in [-0.25, -0.2) is 0 Å². The van der Waals surface area contributed by atoms with E-state index in [0.29, 0.717) is 16.3 Å². The maximum atomic E-state index is 12.1. The first kappa shape index (κ1) is 15.9. The fraction of sp³-hybridized carbons (Fsp3) is 0.167. The first-order valence-electron chi connectivity index (χ1n) is 5.85. The fourth-order valence-electron chi connectivity index (χ4n) is 1.68. The highest BCUT2D eigenvalue weighted by molar-refractivity contribution is 9.10. The number of nitrogens with zero attached hydrogens (tertiary/aromatic N) is 2. The molecule has 0 saturated heterocycles. The van der Waals surface area contributed by atoms with E-state index in [1.54, 1.807) is 26.0 Å². The Hall–Kier alpha value is -1.45. The van der Waals surface area contributed by atoms with E-state index in [2.05, 4.69) is 30.2 Å². The topological polar surface area (TPSA) is 97.4 Å². The summed E-state index contributed by atoms with van der Waals surface area (Å²) >= 11 is 4.41. The van der Waals surface area contributed by atoms with Gasteiger partial charge in [-0.05, 0) is 49.6 Å². The Labute approximate surface area is 135 Å². The van der Waals surface area contributed by atoms with Crippen LogP contribution in [0.3, 0.4) is 0 Å². The number of aromatic nitrogens is 1. The highest BCUT2D eigenvalue weighted by atomic mass is 79.9. The molecule has 112 valence electrons. The number of anilines is 1. The highest BCUT2D eigenvalue weighted by Crippen LogP contribution is 2.21. The monoisotopic (exact) mass is 388 g/mol. The van der Waals surface area contributed by atoms with Gasteiger partial charge in [-0.1, -0.05) is 15.9 Å². The van der Waals surface area contributed by atoms with Crippen molar-refractivity contribution in [1.29, 1.82) is 0 Å². The quantitative estimate of drug-likeness (QED) is 0.620. The summed E-state index contributed by atoms with van der Waals surface area (Å²) in [4.78, 5) is 2.34. The Morgan fingerprint density at radius 1 is 1.38 bits per heavy atom. The lowest BCUT2D eigenvalue weighted by Gasteiger charge is -2.05. The molecule has 2 aromatic rings. The molecule has 3 N–H and O–H groups in total. The second-order valence-corrected chi connectivity index (χ2v) is 7.63. The summed E-state index contributed by atoms with van der Waals surface area (Å²) in [6, 6.07) is 6.28. The lowest BCUT2D eigenvalue weighted by atomic mass is 10.2. The Kier molecular flexibility index (Phi) is 4.64. The summed E-state index contributed by atoms with van der Waals surface area (Å²) in [5.74, 6) is 0. The van der Waals surface area contributed by atoms with Gasteiger partial charge < -0.3 is 5.73 Å². The van der Waals surface area contributed by atoms with Crippen molar-refractivity contribution in [2.24, 2.45) is 5.10 Å². The molecule has 9 heteroatoms. The smallest absolute Gasteiger partial charge is 0.276 e. The van der Waals surface area contributed by atoms with E-state index in [4.69, 9.17) is 5.73 Å². The molecule has 6 nitrogen and oxygen atoms in total. The molecule has 0 amide bonds. The van der Waals surface area contributed by atoms with Crippen LogP contribution in [0.2, 0.25) is 0 Å². The number of nitrogens with one attached hydrogen (secondary N) is 1. The number of rotatable bonds is 4. The van der Waals surface area contributed by atoms with Gasteiger partial charge in [-0.2, -0.15) is 22.7 Å². The van der Waals surface area contributed by atoms with E-state index in [0.717, 1.165) is 21.7 Å². The minimum absolute atomic E-state index is 0.135. The fourth-order valence-corrected chi connectivity index (χ4v) is 3.51. The van der Waals surface area contributed by atoms with Gasteiger partial charge >= 0.3 is 0 Å². The number of hydrogen-bond donors (Lipinski definition) is 2. The SMILES string of the molecule is C/C(=N/NS(=O)(=O)c1ccc(Br)cc1)c1c(C)nsc1N. The summed E-state index contributed by atoms with van der Waals surface area (Å²) in [6.07, 6.45) is 0. The third kappa shape index (κ3) is 3.60. The van der Waals surface area contributed by atoms with Crippen molar-refractivity contribution < 1.29 is 8.42 Å². The third-order valence-electron chi connectivity index (χ3n) is 2.71. The molecule has 0 aliphatic heterocycles. The van der Waals surface area contributed by atoms with Crippen molar-refractivity contribution in [1.82, 2.24) is 9.20 Å². The maximum Gasteiger partial charge on any atom is 0.276 e.